The van der Waals surface area contributed by atoms with E-state index in [9.17, 15) is 4.79 Å². The number of nitrogens with two attached hydrogens (primary N) is 1. The zero-order valence-corrected chi connectivity index (χ0v) is 12.7. The van der Waals surface area contributed by atoms with Gasteiger partial charge in [0.25, 0.3) is 0 Å². The summed E-state index contributed by atoms with van der Waals surface area (Å²) >= 11 is 1.71. The van der Waals surface area contributed by atoms with Gasteiger partial charge in [-0.05, 0) is 29.3 Å². The lowest BCUT2D eigenvalue weighted by atomic mass is 10.1. The van der Waals surface area contributed by atoms with Gasteiger partial charge in [0.15, 0.2) is 0 Å². The maximum absolute atomic E-state index is 11.4. The van der Waals surface area contributed by atoms with E-state index < -0.39 is 0 Å². The van der Waals surface area contributed by atoms with E-state index in [1.165, 1.54) is 0 Å². The SMILES string of the molecule is COc1cccc(SCc2ccccc2CC(=O)NN)c1. The number of amides is 1. The molecule has 5 heteroatoms. The zero-order valence-electron chi connectivity index (χ0n) is 11.8. The highest BCUT2D eigenvalue weighted by Crippen LogP contribution is 2.27. The molecule has 0 aliphatic heterocycles. The van der Waals surface area contributed by atoms with Crippen molar-refractivity contribution >= 4 is 17.7 Å². The van der Waals surface area contributed by atoms with Crippen molar-refractivity contribution in [2.45, 2.75) is 17.1 Å². The average molecular weight is 302 g/mol. The third-order valence-corrected chi connectivity index (χ3v) is 4.11. The van der Waals surface area contributed by atoms with E-state index in [0.29, 0.717) is 6.42 Å². The van der Waals surface area contributed by atoms with Gasteiger partial charge in [-0.25, -0.2) is 5.84 Å². The number of hydrazine groups is 1. The number of methoxy groups -OCH3 is 1. The molecule has 110 valence electrons. The molecule has 2 aromatic carbocycles. The summed E-state index contributed by atoms with van der Waals surface area (Å²) in [6, 6.07) is 15.8. The minimum Gasteiger partial charge on any atom is -0.497 e. The first-order chi connectivity index (χ1) is 10.2. The van der Waals surface area contributed by atoms with E-state index >= 15 is 0 Å². The molecule has 2 rings (SSSR count). The largest absolute Gasteiger partial charge is 0.497 e. The number of carbonyl (C=O) groups is 1. The number of thioether (sulfide) groups is 1. The molecule has 0 bridgehead atoms. The summed E-state index contributed by atoms with van der Waals surface area (Å²) in [4.78, 5) is 12.6. The summed E-state index contributed by atoms with van der Waals surface area (Å²) in [6.45, 7) is 0. The van der Waals surface area contributed by atoms with Gasteiger partial charge in [0.05, 0.1) is 13.5 Å². The Hall–Kier alpha value is -1.98. The second-order valence-corrected chi connectivity index (χ2v) is 5.53. The molecule has 1 amide bonds. The zero-order chi connectivity index (χ0) is 15.1. The van der Waals surface area contributed by atoms with Crippen molar-refractivity contribution in [2.75, 3.05) is 7.11 Å². The summed E-state index contributed by atoms with van der Waals surface area (Å²) in [5.74, 6) is 6.60. The number of rotatable bonds is 6. The highest BCUT2D eigenvalue weighted by atomic mass is 32.2. The summed E-state index contributed by atoms with van der Waals surface area (Å²) in [7, 11) is 1.66. The third kappa shape index (κ3) is 4.51. The molecule has 21 heavy (non-hydrogen) atoms. The molecule has 4 nitrogen and oxygen atoms in total. The molecule has 0 saturated carbocycles. The van der Waals surface area contributed by atoms with Crippen molar-refractivity contribution in [1.29, 1.82) is 0 Å². The van der Waals surface area contributed by atoms with Crippen molar-refractivity contribution in [3.63, 3.8) is 0 Å². The van der Waals surface area contributed by atoms with Gasteiger partial charge in [0.2, 0.25) is 5.91 Å². The van der Waals surface area contributed by atoms with Gasteiger partial charge < -0.3 is 4.74 Å². The van der Waals surface area contributed by atoms with Crippen molar-refractivity contribution in [3.8, 4) is 5.75 Å². The molecule has 0 saturated heterocycles. The number of hydrogen-bond acceptors (Lipinski definition) is 4. The summed E-state index contributed by atoms with van der Waals surface area (Å²) in [5.41, 5.74) is 4.30. The second-order valence-electron chi connectivity index (χ2n) is 4.48. The van der Waals surface area contributed by atoms with Gasteiger partial charge >= 0.3 is 0 Å². The minimum absolute atomic E-state index is 0.186. The molecule has 0 aromatic heterocycles. The lowest BCUT2D eigenvalue weighted by molar-refractivity contribution is -0.120. The minimum atomic E-state index is -0.186. The Kier molecular flexibility index (Phi) is 5.66. The molecule has 0 heterocycles. The predicted octanol–water partition coefficient (Wildman–Crippen LogP) is 2.52. The first-order valence-corrected chi connectivity index (χ1v) is 7.54. The maximum atomic E-state index is 11.4. The molecule has 0 radical (unpaired) electrons. The van der Waals surface area contributed by atoms with Crippen LogP contribution in [0, 0.1) is 0 Å². The van der Waals surface area contributed by atoms with Crippen LogP contribution in [-0.2, 0) is 17.0 Å². The average Bonchev–Trinajstić information content (AvgIpc) is 2.54. The van der Waals surface area contributed by atoms with E-state index in [2.05, 4.69) is 5.43 Å². The van der Waals surface area contributed by atoms with Crippen molar-refractivity contribution in [2.24, 2.45) is 5.84 Å². The second kappa shape index (κ2) is 7.71. The Morgan fingerprint density at radius 2 is 1.95 bits per heavy atom. The Morgan fingerprint density at radius 1 is 1.19 bits per heavy atom. The number of benzene rings is 2. The van der Waals surface area contributed by atoms with Crippen LogP contribution in [0.15, 0.2) is 53.4 Å². The summed E-state index contributed by atoms with van der Waals surface area (Å²) in [5, 5.41) is 0. The third-order valence-electron chi connectivity index (χ3n) is 3.07. The molecule has 2 aromatic rings. The number of ether oxygens (including phenoxy) is 1. The molecular formula is C16H18N2O2S. The van der Waals surface area contributed by atoms with Gasteiger partial charge in [-0.2, -0.15) is 0 Å². The Bertz CT molecular complexity index is 617. The van der Waals surface area contributed by atoms with Crippen LogP contribution < -0.4 is 16.0 Å². The van der Waals surface area contributed by atoms with Crippen molar-refractivity contribution in [1.82, 2.24) is 5.43 Å². The maximum Gasteiger partial charge on any atom is 0.238 e. The highest BCUT2D eigenvalue weighted by molar-refractivity contribution is 7.98. The van der Waals surface area contributed by atoms with E-state index in [-0.39, 0.29) is 5.91 Å². The van der Waals surface area contributed by atoms with Crippen molar-refractivity contribution < 1.29 is 9.53 Å². The van der Waals surface area contributed by atoms with Gasteiger partial charge in [-0.3, -0.25) is 10.2 Å². The highest BCUT2D eigenvalue weighted by Gasteiger charge is 2.07. The molecule has 0 fully saturated rings. The van der Waals surface area contributed by atoms with Gasteiger partial charge in [-0.1, -0.05) is 30.3 Å². The lowest BCUT2D eigenvalue weighted by Crippen LogP contribution is -2.31. The van der Waals surface area contributed by atoms with Crippen molar-refractivity contribution in [3.05, 3.63) is 59.7 Å². The van der Waals surface area contributed by atoms with E-state index in [1.807, 2.05) is 48.5 Å². The Labute approximate surface area is 128 Å². The lowest BCUT2D eigenvalue weighted by Gasteiger charge is -2.09. The number of carbonyl (C=O) groups excluding carboxylic acids is 1. The quantitative estimate of drug-likeness (QED) is 0.372. The van der Waals surface area contributed by atoms with E-state index in [4.69, 9.17) is 10.6 Å². The first-order valence-electron chi connectivity index (χ1n) is 6.56. The topological polar surface area (TPSA) is 64.3 Å². The molecular weight excluding hydrogens is 284 g/mol. The smallest absolute Gasteiger partial charge is 0.238 e. The molecule has 0 unspecified atom stereocenters. The van der Waals surface area contributed by atoms with Gasteiger partial charge in [0, 0.05) is 10.6 Å². The fourth-order valence-corrected chi connectivity index (χ4v) is 2.92. The molecule has 3 N–H and O–H groups in total. The number of nitrogens with one attached hydrogen (secondary N) is 1. The first kappa shape index (κ1) is 15.4. The van der Waals surface area contributed by atoms with Crippen LogP contribution in [0.5, 0.6) is 5.75 Å². The molecule has 0 aliphatic rings. The van der Waals surface area contributed by atoms with Gasteiger partial charge in [-0.15, -0.1) is 11.8 Å². The summed E-state index contributed by atoms with van der Waals surface area (Å²) < 4.78 is 5.22. The van der Waals surface area contributed by atoms with E-state index in [1.54, 1.807) is 18.9 Å². The van der Waals surface area contributed by atoms with Crippen LogP contribution >= 0.6 is 11.8 Å². The Morgan fingerprint density at radius 3 is 2.67 bits per heavy atom. The molecule has 0 aliphatic carbocycles. The van der Waals surface area contributed by atoms with Crippen LogP contribution in [0.4, 0.5) is 0 Å². The van der Waals surface area contributed by atoms with Crippen LogP contribution in [0.3, 0.4) is 0 Å². The molecule has 0 spiro atoms. The fraction of sp³-hybridized carbons (Fsp3) is 0.188. The normalized spacial score (nSPS) is 10.2. The fourth-order valence-electron chi connectivity index (χ4n) is 1.95. The van der Waals surface area contributed by atoms with Crippen LogP contribution in [-0.4, -0.2) is 13.0 Å². The monoisotopic (exact) mass is 302 g/mol. The predicted molar refractivity (Wildman–Crippen MR) is 85.0 cm³/mol. The summed E-state index contributed by atoms with van der Waals surface area (Å²) in [6.07, 6.45) is 0.297. The van der Waals surface area contributed by atoms with Crippen LogP contribution in [0.2, 0.25) is 0 Å². The Balaban J connectivity index is 2.07. The van der Waals surface area contributed by atoms with Crippen LogP contribution in [0.25, 0.3) is 0 Å². The van der Waals surface area contributed by atoms with E-state index in [0.717, 1.165) is 27.5 Å². The standard InChI is InChI=1S/C16H18N2O2S/c1-20-14-7-4-8-15(10-14)21-11-13-6-3-2-5-12(13)9-16(19)18-17/h2-8,10H,9,11,17H2,1H3,(H,18,19). The number of hydrogen-bond donors (Lipinski definition) is 2. The van der Waals surface area contributed by atoms with Crippen LogP contribution in [0.1, 0.15) is 11.1 Å². The van der Waals surface area contributed by atoms with Gasteiger partial charge in [0.1, 0.15) is 5.75 Å². The molecule has 0 atom stereocenters.